The molecule has 0 N–H and O–H groups in total. The quantitative estimate of drug-likeness (QED) is 0.631. The highest BCUT2D eigenvalue weighted by Crippen LogP contribution is 2.49. The van der Waals surface area contributed by atoms with E-state index in [0.29, 0.717) is 24.2 Å². The second kappa shape index (κ2) is 6.49. The van der Waals surface area contributed by atoms with Crippen molar-refractivity contribution in [3.63, 3.8) is 0 Å². The molecule has 7 heteroatoms. The minimum atomic E-state index is -3.83. The summed E-state index contributed by atoms with van der Waals surface area (Å²) in [5, 5.41) is 5.19. The molecular formula is C20H20N2O4S. The monoisotopic (exact) mass is 384 g/mol. The van der Waals surface area contributed by atoms with Crippen LogP contribution in [0.15, 0.2) is 53.4 Å². The van der Waals surface area contributed by atoms with E-state index in [4.69, 9.17) is 4.74 Å². The predicted octanol–water partition coefficient (Wildman–Crippen LogP) is 3.25. The van der Waals surface area contributed by atoms with Crippen LogP contribution in [0.25, 0.3) is 10.9 Å². The maximum Gasteiger partial charge on any atom is 0.309 e. The van der Waals surface area contributed by atoms with Gasteiger partial charge >= 0.3 is 5.97 Å². The van der Waals surface area contributed by atoms with Crippen molar-refractivity contribution in [2.24, 2.45) is 5.92 Å². The molecule has 140 valence electrons. The first-order valence-electron chi connectivity index (χ1n) is 8.90. The van der Waals surface area contributed by atoms with Gasteiger partial charge in [-0.05, 0) is 38.5 Å². The van der Waals surface area contributed by atoms with Crippen molar-refractivity contribution in [1.82, 2.24) is 9.19 Å². The molecule has 0 bridgehead atoms. The van der Waals surface area contributed by atoms with E-state index in [1.165, 1.54) is 0 Å². The van der Waals surface area contributed by atoms with Gasteiger partial charge in [0.25, 0.3) is 10.0 Å². The Bertz CT molecular complexity index is 1120. The van der Waals surface area contributed by atoms with Gasteiger partial charge in [0.05, 0.1) is 28.6 Å². The normalized spacial score (nSPS) is 19.2. The summed E-state index contributed by atoms with van der Waals surface area (Å²) in [5.41, 5.74) is 2.14. The van der Waals surface area contributed by atoms with Crippen molar-refractivity contribution in [3.05, 3.63) is 59.8 Å². The maximum atomic E-state index is 13.1. The Morgan fingerprint density at radius 2 is 1.89 bits per heavy atom. The van der Waals surface area contributed by atoms with Crippen LogP contribution in [0.2, 0.25) is 0 Å². The van der Waals surface area contributed by atoms with Gasteiger partial charge in [-0.3, -0.25) is 4.79 Å². The topological polar surface area (TPSA) is 78.3 Å². The Hall–Kier alpha value is -2.67. The number of aryl methyl sites for hydroxylation is 1. The molecule has 1 aromatic heterocycles. The molecule has 27 heavy (non-hydrogen) atoms. The molecular weight excluding hydrogens is 364 g/mol. The summed E-state index contributed by atoms with van der Waals surface area (Å²) in [6, 6.07) is 13.9. The van der Waals surface area contributed by atoms with Gasteiger partial charge in [-0.1, -0.05) is 35.9 Å². The lowest BCUT2D eigenvalue weighted by Gasteiger charge is -2.06. The first-order chi connectivity index (χ1) is 12.9. The van der Waals surface area contributed by atoms with E-state index in [9.17, 15) is 13.2 Å². The van der Waals surface area contributed by atoms with Crippen LogP contribution in [-0.2, 0) is 19.6 Å². The molecule has 0 spiro atoms. The number of rotatable bonds is 5. The second-order valence-corrected chi connectivity index (χ2v) is 8.53. The lowest BCUT2D eigenvalue weighted by molar-refractivity contribution is -0.144. The van der Waals surface area contributed by atoms with Crippen LogP contribution in [0.5, 0.6) is 0 Å². The Morgan fingerprint density at radius 3 is 2.59 bits per heavy atom. The number of hydrogen-bond donors (Lipinski definition) is 0. The molecule has 0 saturated heterocycles. The summed E-state index contributed by atoms with van der Waals surface area (Å²) in [5.74, 6) is -0.607. The summed E-state index contributed by atoms with van der Waals surface area (Å²) >= 11 is 0. The third-order valence-electron chi connectivity index (χ3n) is 4.86. The van der Waals surface area contributed by atoms with Crippen LogP contribution < -0.4 is 0 Å². The van der Waals surface area contributed by atoms with Gasteiger partial charge in [0.15, 0.2) is 0 Å². The van der Waals surface area contributed by atoms with E-state index in [0.717, 1.165) is 15.0 Å². The van der Waals surface area contributed by atoms with E-state index in [2.05, 4.69) is 5.10 Å². The number of benzene rings is 2. The summed E-state index contributed by atoms with van der Waals surface area (Å²) in [4.78, 5) is 12.2. The van der Waals surface area contributed by atoms with Gasteiger partial charge in [0.2, 0.25) is 0 Å². The van der Waals surface area contributed by atoms with Crippen molar-refractivity contribution in [1.29, 1.82) is 0 Å². The Kier molecular flexibility index (Phi) is 4.26. The molecule has 2 atom stereocenters. The molecule has 0 amide bonds. The fourth-order valence-corrected chi connectivity index (χ4v) is 4.63. The molecule has 0 aliphatic heterocycles. The third-order valence-corrected chi connectivity index (χ3v) is 6.46. The molecule has 1 saturated carbocycles. The van der Waals surface area contributed by atoms with Crippen molar-refractivity contribution >= 4 is 26.9 Å². The molecule has 3 aromatic rings. The highest BCUT2D eigenvalue weighted by molar-refractivity contribution is 7.90. The number of nitrogens with zero attached hydrogens (tertiary/aromatic N) is 2. The summed E-state index contributed by atoms with van der Waals surface area (Å²) < 4.78 is 32.5. The van der Waals surface area contributed by atoms with Crippen LogP contribution in [0.4, 0.5) is 0 Å². The van der Waals surface area contributed by atoms with Crippen LogP contribution in [0.3, 0.4) is 0 Å². The largest absolute Gasteiger partial charge is 0.466 e. The third kappa shape index (κ3) is 3.02. The first kappa shape index (κ1) is 17.7. The van der Waals surface area contributed by atoms with Gasteiger partial charge in [-0.25, -0.2) is 0 Å². The van der Waals surface area contributed by atoms with Crippen molar-refractivity contribution in [3.8, 4) is 0 Å². The van der Waals surface area contributed by atoms with Gasteiger partial charge in [-0.2, -0.15) is 17.6 Å². The van der Waals surface area contributed by atoms with E-state index >= 15 is 0 Å². The lowest BCUT2D eigenvalue weighted by Crippen LogP contribution is -2.15. The number of fused-ring (bicyclic) bond motifs is 1. The predicted molar refractivity (Wildman–Crippen MR) is 101 cm³/mol. The average Bonchev–Trinajstić information content (AvgIpc) is 3.35. The maximum absolute atomic E-state index is 13.1. The zero-order valence-corrected chi connectivity index (χ0v) is 15.9. The number of para-hydroxylation sites is 1. The van der Waals surface area contributed by atoms with Gasteiger partial charge in [0.1, 0.15) is 0 Å². The molecule has 1 fully saturated rings. The zero-order chi connectivity index (χ0) is 19.2. The van der Waals surface area contributed by atoms with Crippen LogP contribution in [0.1, 0.15) is 30.5 Å². The first-order valence-corrected chi connectivity index (χ1v) is 10.3. The number of aromatic nitrogens is 2. The Labute approximate surface area is 157 Å². The summed E-state index contributed by atoms with van der Waals surface area (Å²) in [6.07, 6.45) is 0.629. The number of carbonyl (C=O) groups is 1. The van der Waals surface area contributed by atoms with Crippen molar-refractivity contribution in [2.45, 2.75) is 31.1 Å². The molecule has 1 heterocycles. The molecule has 4 rings (SSSR count). The minimum absolute atomic E-state index is 0.108. The molecule has 1 aliphatic rings. The summed E-state index contributed by atoms with van der Waals surface area (Å²) in [6.45, 7) is 4.01. The van der Waals surface area contributed by atoms with E-state index in [1.807, 2.05) is 19.1 Å². The van der Waals surface area contributed by atoms with Crippen LogP contribution >= 0.6 is 0 Å². The van der Waals surface area contributed by atoms with E-state index < -0.39 is 10.0 Å². The molecule has 0 radical (unpaired) electrons. The van der Waals surface area contributed by atoms with Crippen molar-refractivity contribution < 1.29 is 17.9 Å². The van der Waals surface area contributed by atoms with Crippen molar-refractivity contribution in [2.75, 3.05) is 6.61 Å². The fourth-order valence-electron chi connectivity index (χ4n) is 3.34. The smallest absolute Gasteiger partial charge is 0.309 e. The van der Waals surface area contributed by atoms with Gasteiger partial charge < -0.3 is 4.74 Å². The zero-order valence-electron chi connectivity index (χ0n) is 15.1. The van der Waals surface area contributed by atoms with Gasteiger partial charge in [-0.15, -0.1) is 0 Å². The Balaban J connectivity index is 1.79. The van der Waals surface area contributed by atoms with E-state index in [1.54, 1.807) is 43.3 Å². The molecule has 2 aromatic carbocycles. The lowest BCUT2D eigenvalue weighted by atomic mass is 10.1. The standard InChI is InChI=1S/C20H20N2O4S/c1-3-26-20(23)17-12-16(17)19-15-6-4-5-7-18(15)22(21-19)27(24,25)14-10-8-13(2)9-11-14/h4-11,16-17H,3,12H2,1-2H3. The summed E-state index contributed by atoms with van der Waals surface area (Å²) in [7, 11) is -3.83. The van der Waals surface area contributed by atoms with Gasteiger partial charge in [0, 0.05) is 11.3 Å². The number of carbonyl (C=O) groups excluding carboxylic acids is 1. The second-order valence-electron chi connectivity index (χ2n) is 6.76. The number of ether oxygens (including phenoxy) is 1. The van der Waals surface area contributed by atoms with E-state index in [-0.39, 0.29) is 22.7 Å². The average molecular weight is 384 g/mol. The van der Waals surface area contributed by atoms with Crippen LogP contribution in [0, 0.1) is 12.8 Å². The molecule has 6 nitrogen and oxygen atoms in total. The molecule has 2 unspecified atom stereocenters. The fraction of sp³-hybridized carbons (Fsp3) is 0.300. The highest BCUT2D eigenvalue weighted by Gasteiger charge is 2.48. The SMILES string of the molecule is CCOC(=O)C1CC1c1nn(S(=O)(=O)c2ccc(C)cc2)c2ccccc12. The number of esters is 1. The number of hydrogen-bond acceptors (Lipinski definition) is 5. The van der Waals surface area contributed by atoms with Crippen LogP contribution in [-0.4, -0.2) is 30.2 Å². The molecule has 1 aliphatic carbocycles. The minimum Gasteiger partial charge on any atom is -0.466 e. The highest BCUT2D eigenvalue weighted by atomic mass is 32.2. The Morgan fingerprint density at radius 1 is 1.19 bits per heavy atom.